The summed E-state index contributed by atoms with van der Waals surface area (Å²) in [6, 6.07) is 14.9. The van der Waals surface area contributed by atoms with Crippen molar-refractivity contribution in [2.75, 3.05) is 38.7 Å². The first-order valence-corrected chi connectivity index (χ1v) is 9.56. The highest BCUT2D eigenvalue weighted by Gasteiger charge is 2.21. The Kier molecular flexibility index (Phi) is 6.08. The molecule has 1 heterocycles. The van der Waals surface area contributed by atoms with Crippen molar-refractivity contribution in [3.05, 3.63) is 53.6 Å². The van der Waals surface area contributed by atoms with Crippen LogP contribution in [0.4, 0.5) is 5.13 Å². The van der Waals surface area contributed by atoms with E-state index in [1.165, 1.54) is 16.2 Å². The molecule has 0 radical (unpaired) electrons. The highest BCUT2D eigenvalue weighted by atomic mass is 35.5. The molecule has 136 valence electrons. The molecule has 0 fully saturated rings. The molecule has 5 nitrogen and oxygen atoms in total. The van der Waals surface area contributed by atoms with Crippen LogP contribution >= 0.6 is 22.9 Å². The van der Waals surface area contributed by atoms with E-state index in [9.17, 15) is 4.79 Å². The molecule has 0 atom stereocenters. The molecule has 1 N–H and O–H groups in total. The average Bonchev–Trinajstić information content (AvgIpc) is 3.03. The lowest BCUT2D eigenvalue weighted by atomic mass is 10.3. The molecule has 0 saturated carbocycles. The number of amides is 1. The summed E-state index contributed by atoms with van der Waals surface area (Å²) < 4.78 is 6.59. The Morgan fingerprint density at radius 3 is 2.73 bits per heavy atom. The van der Waals surface area contributed by atoms with E-state index in [4.69, 9.17) is 16.3 Å². The Hall–Kier alpha value is -2.15. The summed E-state index contributed by atoms with van der Waals surface area (Å²) in [5, 5.41) is 1.33. The van der Waals surface area contributed by atoms with Gasteiger partial charge in [-0.15, -0.1) is 0 Å². The number of aromatic nitrogens is 1. The lowest BCUT2D eigenvalue weighted by molar-refractivity contribution is -0.856. The topological polar surface area (TPSA) is 46.9 Å². The zero-order valence-electron chi connectivity index (χ0n) is 14.7. The second-order valence-corrected chi connectivity index (χ2v) is 7.66. The number of fused-ring (bicyclic) bond motifs is 1. The molecular formula is C19H21ClN3O2S+. The Morgan fingerprint density at radius 2 is 2.00 bits per heavy atom. The number of nitrogens with zero attached hydrogens (tertiary/aromatic N) is 2. The summed E-state index contributed by atoms with van der Waals surface area (Å²) >= 11 is 7.53. The van der Waals surface area contributed by atoms with E-state index in [-0.39, 0.29) is 12.5 Å². The summed E-state index contributed by atoms with van der Waals surface area (Å²) in [5.74, 6) is 0.565. The number of hydrogen-bond acceptors (Lipinski definition) is 4. The molecule has 1 aromatic heterocycles. The largest absolute Gasteiger partial charge is 0.484 e. The van der Waals surface area contributed by atoms with Crippen molar-refractivity contribution < 1.29 is 14.4 Å². The fraction of sp³-hybridized carbons (Fsp3) is 0.263. The predicted molar refractivity (Wildman–Crippen MR) is 107 cm³/mol. The smallest absolute Gasteiger partial charge is 0.266 e. The number of carbonyl (C=O) groups is 1. The van der Waals surface area contributed by atoms with Gasteiger partial charge in [0.1, 0.15) is 5.75 Å². The van der Waals surface area contributed by atoms with Crippen LogP contribution in [-0.4, -0.2) is 44.7 Å². The molecule has 7 heteroatoms. The third-order valence-electron chi connectivity index (χ3n) is 3.81. The van der Waals surface area contributed by atoms with Crippen LogP contribution in [0.1, 0.15) is 0 Å². The molecule has 3 aromatic rings. The van der Waals surface area contributed by atoms with Gasteiger partial charge in [0, 0.05) is 5.02 Å². The molecule has 0 bridgehead atoms. The number of likely N-dealkylation sites (N-methyl/N-ethyl adjacent to an activating group) is 1. The van der Waals surface area contributed by atoms with Crippen molar-refractivity contribution in [1.82, 2.24) is 4.98 Å². The Labute approximate surface area is 161 Å². The molecule has 0 aliphatic rings. The number of benzene rings is 2. The summed E-state index contributed by atoms with van der Waals surface area (Å²) in [5.41, 5.74) is 0.841. The first-order chi connectivity index (χ1) is 12.5. The molecule has 0 aliphatic carbocycles. The number of para-hydroxylation sites is 1. The molecule has 3 rings (SSSR count). The normalized spacial score (nSPS) is 11.1. The van der Waals surface area contributed by atoms with Gasteiger partial charge in [0.2, 0.25) is 0 Å². The van der Waals surface area contributed by atoms with Gasteiger partial charge in [-0.25, -0.2) is 4.98 Å². The second kappa shape index (κ2) is 8.49. The van der Waals surface area contributed by atoms with Crippen LogP contribution in [0.3, 0.4) is 0 Å². The van der Waals surface area contributed by atoms with E-state index in [1.807, 2.05) is 48.5 Å². The van der Waals surface area contributed by atoms with Crippen LogP contribution in [-0.2, 0) is 4.79 Å². The number of rotatable bonds is 7. The van der Waals surface area contributed by atoms with Crippen molar-refractivity contribution in [3.8, 4) is 5.75 Å². The van der Waals surface area contributed by atoms with Crippen molar-refractivity contribution in [2.45, 2.75) is 0 Å². The number of halogens is 1. The van der Waals surface area contributed by atoms with E-state index in [0.29, 0.717) is 22.4 Å². The van der Waals surface area contributed by atoms with Gasteiger partial charge in [-0.05, 0) is 30.3 Å². The van der Waals surface area contributed by atoms with Crippen LogP contribution in [0.2, 0.25) is 5.02 Å². The van der Waals surface area contributed by atoms with Crippen molar-refractivity contribution >= 4 is 44.2 Å². The Bertz CT molecular complexity index is 883. The number of thiazole rings is 1. The lowest BCUT2D eigenvalue weighted by Gasteiger charge is -2.20. The molecular weight excluding hydrogens is 370 g/mol. The van der Waals surface area contributed by atoms with Crippen molar-refractivity contribution in [3.63, 3.8) is 0 Å². The van der Waals surface area contributed by atoms with Crippen LogP contribution in [0.15, 0.2) is 48.5 Å². The van der Waals surface area contributed by atoms with E-state index < -0.39 is 0 Å². The number of ether oxygens (including phenoxy) is 1. The fourth-order valence-electron chi connectivity index (χ4n) is 2.40. The minimum absolute atomic E-state index is 0.0243. The summed E-state index contributed by atoms with van der Waals surface area (Å²) in [6.45, 7) is 1.37. The van der Waals surface area contributed by atoms with Gasteiger partial charge in [0.25, 0.3) is 5.91 Å². The van der Waals surface area contributed by atoms with E-state index in [0.717, 1.165) is 16.8 Å². The number of nitrogens with one attached hydrogen (secondary N) is 1. The van der Waals surface area contributed by atoms with Gasteiger partial charge in [-0.2, -0.15) is 0 Å². The average molecular weight is 391 g/mol. The van der Waals surface area contributed by atoms with Gasteiger partial charge in [0.15, 0.2) is 11.7 Å². The fourth-order valence-corrected chi connectivity index (χ4v) is 3.69. The van der Waals surface area contributed by atoms with Crippen LogP contribution in [0, 0.1) is 0 Å². The maximum Gasteiger partial charge on any atom is 0.266 e. The maximum atomic E-state index is 12.8. The van der Waals surface area contributed by atoms with Crippen molar-refractivity contribution in [1.29, 1.82) is 0 Å². The second-order valence-electron chi connectivity index (χ2n) is 6.21. The standard InChI is InChI=1S/C19H20ClN3O2S/c1-22(2)10-11-23(18(24)13-25-15-6-4-3-5-7-15)19-21-16-9-8-14(20)12-17(16)26-19/h3-9,12H,10-11,13H2,1-2H3/p+1. The Balaban J connectivity index is 1.79. The molecule has 2 aromatic carbocycles. The van der Waals surface area contributed by atoms with Crippen LogP contribution in [0.25, 0.3) is 10.2 Å². The van der Waals surface area contributed by atoms with Gasteiger partial charge >= 0.3 is 0 Å². The highest BCUT2D eigenvalue weighted by molar-refractivity contribution is 7.22. The van der Waals surface area contributed by atoms with Gasteiger partial charge in [0.05, 0.1) is 37.4 Å². The predicted octanol–water partition coefficient (Wildman–Crippen LogP) is 2.51. The molecule has 0 saturated heterocycles. The zero-order chi connectivity index (χ0) is 18.5. The third kappa shape index (κ3) is 4.72. The molecule has 0 spiro atoms. The van der Waals surface area contributed by atoms with Crippen LogP contribution in [0.5, 0.6) is 5.75 Å². The van der Waals surface area contributed by atoms with Gasteiger partial charge in [-0.3, -0.25) is 9.69 Å². The SMILES string of the molecule is C[NH+](C)CCN(C(=O)COc1ccccc1)c1nc2ccc(Cl)cc2s1. The lowest BCUT2D eigenvalue weighted by Crippen LogP contribution is -3.06. The first-order valence-electron chi connectivity index (χ1n) is 8.36. The number of hydrogen-bond donors (Lipinski definition) is 1. The van der Waals surface area contributed by atoms with Crippen molar-refractivity contribution in [2.24, 2.45) is 0 Å². The Morgan fingerprint density at radius 1 is 1.23 bits per heavy atom. The quantitative estimate of drug-likeness (QED) is 0.674. The van der Waals surface area contributed by atoms with E-state index in [1.54, 1.807) is 4.90 Å². The zero-order valence-corrected chi connectivity index (χ0v) is 16.3. The van der Waals surface area contributed by atoms with E-state index in [2.05, 4.69) is 19.1 Å². The summed E-state index contributed by atoms with van der Waals surface area (Å²) in [4.78, 5) is 20.4. The van der Waals surface area contributed by atoms with Gasteiger partial charge < -0.3 is 9.64 Å². The first kappa shape index (κ1) is 18.6. The molecule has 26 heavy (non-hydrogen) atoms. The van der Waals surface area contributed by atoms with Gasteiger partial charge in [-0.1, -0.05) is 41.1 Å². The minimum Gasteiger partial charge on any atom is -0.484 e. The third-order valence-corrected chi connectivity index (χ3v) is 5.09. The monoisotopic (exact) mass is 390 g/mol. The van der Waals surface area contributed by atoms with Crippen LogP contribution < -0.4 is 14.5 Å². The molecule has 1 amide bonds. The minimum atomic E-state index is -0.111. The summed E-state index contributed by atoms with van der Waals surface area (Å²) in [7, 11) is 4.11. The number of quaternary nitrogens is 1. The highest BCUT2D eigenvalue weighted by Crippen LogP contribution is 2.30. The number of anilines is 1. The van der Waals surface area contributed by atoms with E-state index >= 15 is 0 Å². The summed E-state index contributed by atoms with van der Waals surface area (Å²) in [6.07, 6.45) is 0. The molecule has 0 unspecified atom stereocenters. The maximum absolute atomic E-state index is 12.8. The number of carbonyl (C=O) groups excluding carboxylic acids is 1. The molecule has 0 aliphatic heterocycles.